The van der Waals surface area contributed by atoms with Gasteiger partial charge in [0.1, 0.15) is 0 Å². The van der Waals surface area contributed by atoms with Crippen molar-refractivity contribution in [3.05, 3.63) is 23.8 Å². The van der Waals surface area contributed by atoms with E-state index in [1.165, 1.54) is 0 Å². The molecule has 1 rings (SSSR count). The van der Waals surface area contributed by atoms with Gasteiger partial charge in [0.25, 0.3) is 0 Å². The van der Waals surface area contributed by atoms with Gasteiger partial charge in [0.05, 0.1) is 5.56 Å². The summed E-state index contributed by atoms with van der Waals surface area (Å²) in [5.41, 5.74) is -1.04. The molecule has 0 atom stereocenters. The van der Waals surface area contributed by atoms with Crippen LogP contribution in [0.15, 0.2) is 12.1 Å². The summed E-state index contributed by atoms with van der Waals surface area (Å²) >= 11 is 0. The zero-order valence-corrected chi connectivity index (χ0v) is 5.68. The highest BCUT2D eigenvalue weighted by atomic mass is 19.4. The highest BCUT2D eigenvalue weighted by Gasteiger charge is 2.31. The van der Waals surface area contributed by atoms with E-state index in [1.54, 1.807) is 0 Å². The van der Waals surface area contributed by atoms with Crippen LogP contribution < -0.4 is 0 Å². The van der Waals surface area contributed by atoms with Crippen molar-refractivity contribution in [1.29, 1.82) is 0 Å². The molecule has 65 valence electrons. The standard InChI is InChI=1S/C7H4F3O2/c8-7(9,10)4-1-2-5(11)6(12)3-4/h1,3,11-12H. The van der Waals surface area contributed by atoms with Crippen LogP contribution in [0, 0.1) is 6.07 Å². The fraction of sp³-hybridized carbons (Fsp3) is 0.143. The minimum atomic E-state index is -4.53. The quantitative estimate of drug-likeness (QED) is 0.594. The first-order chi connectivity index (χ1) is 5.41. The third kappa shape index (κ3) is 1.61. The van der Waals surface area contributed by atoms with E-state index in [-0.39, 0.29) is 0 Å². The number of halogens is 3. The molecule has 0 aromatic heterocycles. The lowest BCUT2D eigenvalue weighted by atomic mass is 10.2. The molecule has 0 aliphatic rings. The molecule has 0 saturated heterocycles. The predicted molar refractivity (Wildman–Crippen MR) is 33.6 cm³/mol. The molecule has 0 aliphatic heterocycles. The number of aromatic hydroxyl groups is 2. The Morgan fingerprint density at radius 3 is 2.25 bits per heavy atom. The normalized spacial score (nSPS) is 11.6. The van der Waals surface area contributed by atoms with Crippen molar-refractivity contribution < 1.29 is 23.4 Å². The first kappa shape index (κ1) is 8.70. The van der Waals surface area contributed by atoms with Crippen molar-refractivity contribution in [1.82, 2.24) is 0 Å². The van der Waals surface area contributed by atoms with Crippen LogP contribution in [-0.2, 0) is 6.18 Å². The first-order valence-corrected chi connectivity index (χ1v) is 2.92. The van der Waals surface area contributed by atoms with Gasteiger partial charge >= 0.3 is 6.18 Å². The van der Waals surface area contributed by atoms with Crippen molar-refractivity contribution in [2.24, 2.45) is 0 Å². The lowest BCUT2D eigenvalue weighted by molar-refractivity contribution is -0.137. The highest BCUT2D eigenvalue weighted by Crippen LogP contribution is 2.34. The van der Waals surface area contributed by atoms with Crippen molar-refractivity contribution in [2.45, 2.75) is 6.18 Å². The predicted octanol–water partition coefficient (Wildman–Crippen LogP) is 1.92. The molecule has 0 unspecified atom stereocenters. The summed E-state index contributed by atoms with van der Waals surface area (Å²) in [5, 5.41) is 17.3. The van der Waals surface area contributed by atoms with E-state index in [0.29, 0.717) is 12.1 Å². The summed E-state index contributed by atoms with van der Waals surface area (Å²) in [6.45, 7) is 0. The van der Waals surface area contributed by atoms with Gasteiger partial charge in [-0.2, -0.15) is 13.2 Å². The van der Waals surface area contributed by atoms with Crippen LogP contribution in [0.25, 0.3) is 0 Å². The van der Waals surface area contributed by atoms with E-state index in [4.69, 9.17) is 10.2 Å². The summed E-state index contributed by atoms with van der Waals surface area (Å²) in [4.78, 5) is 0. The Hall–Kier alpha value is -1.39. The van der Waals surface area contributed by atoms with E-state index in [1.807, 2.05) is 6.07 Å². The van der Waals surface area contributed by atoms with Crippen LogP contribution in [0.1, 0.15) is 5.56 Å². The Morgan fingerprint density at radius 1 is 1.25 bits per heavy atom. The second kappa shape index (κ2) is 2.58. The molecule has 12 heavy (non-hydrogen) atoms. The smallest absolute Gasteiger partial charge is 0.416 e. The molecule has 0 saturated carbocycles. The average molecular weight is 177 g/mol. The molecule has 2 N–H and O–H groups in total. The third-order valence-corrected chi connectivity index (χ3v) is 1.23. The summed E-state index contributed by atoms with van der Waals surface area (Å²) in [5.74, 6) is -1.52. The largest absolute Gasteiger partial charge is 0.504 e. The minimum Gasteiger partial charge on any atom is -0.504 e. The van der Waals surface area contributed by atoms with Gasteiger partial charge in [-0.3, -0.25) is 0 Å². The maximum Gasteiger partial charge on any atom is 0.416 e. The first-order valence-electron chi connectivity index (χ1n) is 2.92. The van der Waals surface area contributed by atoms with Crippen LogP contribution in [-0.4, -0.2) is 10.2 Å². The monoisotopic (exact) mass is 177 g/mol. The summed E-state index contributed by atoms with van der Waals surface area (Å²) in [6, 6.07) is 2.86. The second-order valence-corrected chi connectivity index (χ2v) is 2.12. The van der Waals surface area contributed by atoms with Crippen LogP contribution in [0.5, 0.6) is 11.5 Å². The molecule has 0 heterocycles. The fourth-order valence-electron chi connectivity index (χ4n) is 0.641. The molecule has 2 nitrogen and oxygen atoms in total. The number of benzene rings is 1. The topological polar surface area (TPSA) is 40.5 Å². The van der Waals surface area contributed by atoms with Gasteiger partial charge in [-0.1, -0.05) is 0 Å². The number of phenolic OH excluding ortho intramolecular Hbond substituents is 2. The Labute approximate surface area is 65.9 Å². The molecule has 0 amide bonds. The minimum absolute atomic E-state index is 0.436. The summed E-state index contributed by atoms with van der Waals surface area (Å²) < 4.78 is 35.7. The van der Waals surface area contributed by atoms with Crippen LogP contribution in [0.3, 0.4) is 0 Å². The van der Waals surface area contributed by atoms with Gasteiger partial charge in [0.2, 0.25) is 0 Å². The van der Waals surface area contributed by atoms with Crippen molar-refractivity contribution >= 4 is 0 Å². The van der Waals surface area contributed by atoms with E-state index in [0.717, 1.165) is 0 Å². The Bertz CT molecular complexity index is 293. The van der Waals surface area contributed by atoms with Gasteiger partial charge in [-0.05, 0) is 12.1 Å². The van der Waals surface area contributed by atoms with Gasteiger partial charge < -0.3 is 10.2 Å². The van der Waals surface area contributed by atoms with Gasteiger partial charge in [0, 0.05) is 6.07 Å². The molecule has 1 aromatic carbocycles. The number of rotatable bonds is 0. The number of hydrogen-bond acceptors (Lipinski definition) is 2. The zero-order chi connectivity index (χ0) is 9.35. The lowest BCUT2D eigenvalue weighted by Gasteiger charge is -2.06. The summed E-state index contributed by atoms with van der Waals surface area (Å²) in [7, 11) is 0. The van der Waals surface area contributed by atoms with Crippen LogP contribution in [0.4, 0.5) is 13.2 Å². The maximum atomic E-state index is 11.9. The van der Waals surface area contributed by atoms with E-state index in [9.17, 15) is 13.2 Å². The zero-order valence-electron chi connectivity index (χ0n) is 5.68. The van der Waals surface area contributed by atoms with Crippen molar-refractivity contribution in [3.8, 4) is 11.5 Å². The number of hydrogen-bond donors (Lipinski definition) is 2. The van der Waals surface area contributed by atoms with Crippen molar-refractivity contribution in [2.75, 3.05) is 0 Å². The molecular formula is C7H4F3O2. The average Bonchev–Trinajstić information content (AvgIpc) is 1.92. The summed E-state index contributed by atoms with van der Waals surface area (Å²) in [6.07, 6.45) is -4.53. The van der Waals surface area contributed by atoms with Crippen LogP contribution >= 0.6 is 0 Å². The molecule has 1 aromatic rings. The Kier molecular flexibility index (Phi) is 1.87. The van der Waals surface area contributed by atoms with Gasteiger partial charge in [-0.15, -0.1) is 0 Å². The fourth-order valence-corrected chi connectivity index (χ4v) is 0.641. The van der Waals surface area contributed by atoms with Gasteiger partial charge in [0.15, 0.2) is 11.5 Å². The maximum absolute atomic E-state index is 11.9. The number of alkyl halides is 3. The molecule has 0 aliphatic carbocycles. The molecule has 0 fully saturated rings. The molecule has 0 spiro atoms. The molecule has 0 bridgehead atoms. The molecule has 5 heteroatoms. The molecular weight excluding hydrogens is 173 g/mol. The van der Waals surface area contributed by atoms with E-state index >= 15 is 0 Å². The van der Waals surface area contributed by atoms with Crippen molar-refractivity contribution in [3.63, 3.8) is 0 Å². The highest BCUT2D eigenvalue weighted by molar-refractivity contribution is 5.40. The lowest BCUT2D eigenvalue weighted by Crippen LogP contribution is -2.03. The Balaban J connectivity index is 3.14. The van der Waals surface area contributed by atoms with E-state index < -0.39 is 23.2 Å². The van der Waals surface area contributed by atoms with E-state index in [2.05, 4.69) is 0 Å². The van der Waals surface area contributed by atoms with Crippen LogP contribution in [0.2, 0.25) is 0 Å². The third-order valence-electron chi connectivity index (χ3n) is 1.23. The second-order valence-electron chi connectivity index (χ2n) is 2.12. The van der Waals surface area contributed by atoms with Gasteiger partial charge in [-0.25, -0.2) is 0 Å². The SMILES string of the molecule is Oc1[c]cc(C(F)(F)F)cc1O. The Morgan fingerprint density at radius 2 is 1.83 bits per heavy atom. The number of phenols is 2. The molecule has 1 radical (unpaired) electrons.